The van der Waals surface area contributed by atoms with E-state index in [1.165, 1.54) is 7.11 Å². The first kappa shape index (κ1) is 15.5. The van der Waals surface area contributed by atoms with Crippen molar-refractivity contribution in [1.82, 2.24) is 4.90 Å². The number of hydrogen-bond donors (Lipinski definition) is 1. The summed E-state index contributed by atoms with van der Waals surface area (Å²) in [5.41, 5.74) is 0.00183. The van der Waals surface area contributed by atoms with Gasteiger partial charge in [0.1, 0.15) is 0 Å². The lowest BCUT2D eigenvalue weighted by atomic mass is 9.75. The van der Waals surface area contributed by atoms with E-state index in [1.807, 2.05) is 18.2 Å². The zero-order valence-corrected chi connectivity index (χ0v) is 12.2. The predicted octanol–water partition coefficient (Wildman–Crippen LogP) is 1.46. The number of piperidine rings is 1. The number of amides is 1. The number of carbonyl (C=O) groups excluding carboxylic acids is 2. The first-order chi connectivity index (χ1) is 10.1. The molecule has 1 aromatic carbocycles. The molecule has 1 N–H and O–H groups in total. The minimum Gasteiger partial charge on any atom is -0.469 e. The number of ether oxygens (including phenoxy) is 1. The molecule has 0 unspecified atom stereocenters. The van der Waals surface area contributed by atoms with Gasteiger partial charge in [0.15, 0.2) is 0 Å². The van der Waals surface area contributed by atoms with E-state index in [-0.39, 0.29) is 18.5 Å². The molecule has 1 aromatic rings. The van der Waals surface area contributed by atoms with Crippen LogP contribution in [0.5, 0.6) is 0 Å². The van der Waals surface area contributed by atoms with Crippen molar-refractivity contribution in [1.29, 1.82) is 0 Å². The van der Waals surface area contributed by atoms with Crippen molar-refractivity contribution < 1.29 is 19.4 Å². The van der Waals surface area contributed by atoms with Crippen molar-refractivity contribution in [2.24, 2.45) is 5.41 Å². The molecule has 0 spiro atoms. The van der Waals surface area contributed by atoms with Crippen molar-refractivity contribution in [2.75, 3.05) is 26.8 Å². The fraction of sp³-hybridized carbons (Fsp3) is 0.500. The Bertz CT molecular complexity index is 492. The largest absolute Gasteiger partial charge is 0.469 e. The molecule has 0 aliphatic carbocycles. The van der Waals surface area contributed by atoms with Gasteiger partial charge in [-0.15, -0.1) is 0 Å². The molecule has 1 aliphatic heterocycles. The van der Waals surface area contributed by atoms with Crippen LogP contribution in [-0.4, -0.2) is 48.7 Å². The fourth-order valence-electron chi connectivity index (χ4n) is 2.89. The normalized spacial score (nSPS) is 17.3. The van der Waals surface area contributed by atoms with Crippen LogP contribution in [-0.2, 0) is 9.53 Å². The van der Waals surface area contributed by atoms with Gasteiger partial charge in [-0.05, 0) is 31.4 Å². The Kier molecular flexibility index (Phi) is 4.96. The molecule has 0 bridgehead atoms. The van der Waals surface area contributed by atoms with Gasteiger partial charge in [0, 0.05) is 25.3 Å². The van der Waals surface area contributed by atoms with Gasteiger partial charge in [-0.3, -0.25) is 9.59 Å². The van der Waals surface area contributed by atoms with Gasteiger partial charge < -0.3 is 14.7 Å². The van der Waals surface area contributed by atoms with Gasteiger partial charge in [0.2, 0.25) is 0 Å². The van der Waals surface area contributed by atoms with Crippen molar-refractivity contribution in [3.05, 3.63) is 35.9 Å². The third-order valence-corrected chi connectivity index (χ3v) is 4.24. The highest BCUT2D eigenvalue weighted by Crippen LogP contribution is 2.36. The van der Waals surface area contributed by atoms with Crippen LogP contribution in [0.25, 0.3) is 0 Å². The minimum atomic E-state index is -0.656. The Labute approximate surface area is 124 Å². The highest BCUT2D eigenvalue weighted by Gasteiger charge is 2.42. The van der Waals surface area contributed by atoms with Crippen LogP contribution >= 0.6 is 0 Å². The monoisotopic (exact) mass is 291 g/mol. The van der Waals surface area contributed by atoms with Crippen LogP contribution in [0, 0.1) is 5.41 Å². The van der Waals surface area contributed by atoms with E-state index in [4.69, 9.17) is 4.74 Å². The Morgan fingerprint density at radius 1 is 1.24 bits per heavy atom. The van der Waals surface area contributed by atoms with Crippen LogP contribution in [0.3, 0.4) is 0 Å². The molecule has 1 aliphatic rings. The van der Waals surface area contributed by atoms with Gasteiger partial charge in [-0.1, -0.05) is 18.2 Å². The number of nitrogens with zero attached hydrogens (tertiary/aromatic N) is 1. The number of aliphatic hydroxyl groups is 1. The van der Waals surface area contributed by atoms with E-state index in [0.717, 1.165) is 0 Å². The lowest BCUT2D eigenvalue weighted by molar-refractivity contribution is -0.156. The number of carbonyl (C=O) groups is 2. The standard InChI is InChI=1S/C16H21NO4/c1-21-15(20)16(9-12-18)7-10-17(11-8-16)14(19)13-5-3-2-4-6-13/h2-6,18H,7-12H2,1H3. The summed E-state index contributed by atoms with van der Waals surface area (Å²) in [6.45, 7) is 0.952. The highest BCUT2D eigenvalue weighted by atomic mass is 16.5. The smallest absolute Gasteiger partial charge is 0.312 e. The molecule has 2 rings (SSSR count). The van der Waals surface area contributed by atoms with Crippen LogP contribution in [0.2, 0.25) is 0 Å². The SMILES string of the molecule is COC(=O)C1(CCO)CCN(C(=O)c2ccccc2)CC1. The number of rotatable bonds is 4. The Balaban J connectivity index is 2.05. The van der Waals surface area contributed by atoms with E-state index in [9.17, 15) is 14.7 Å². The van der Waals surface area contributed by atoms with Crippen LogP contribution < -0.4 is 0 Å². The zero-order chi connectivity index (χ0) is 15.3. The van der Waals surface area contributed by atoms with E-state index in [1.54, 1.807) is 17.0 Å². The molecule has 0 atom stereocenters. The Morgan fingerprint density at radius 2 is 1.86 bits per heavy atom. The second kappa shape index (κ2) is 6.72. The highest BCUT2D eigenvalue weighted by molar-refractivity contribution is 5.94. The second-order valence-electron chi connectivity index (χ2n) is 5.40. The van der Waals surface area contributed by atoms with Crippen LogP contribution in [0.15, 0.2) is 30.3 Å². The number of aliphatic hydroxyl groups excluding tert-OH is 1. The van der Waals surface area contributed by atoms with E-state index < -0.39 is 5.41 Å². The lowest BCUT2D eigenvalue weighted by Crippen LogP contribution is -2.47. The summed E-state index contributed by atoms with van der Waals surface area (Å²) in [6, 6.07) is 9.12. The quantitative estimate of drug-likeness (QED) is 0.853. The zero-order valence-electron chi connectivity index (χ0n) is 12.2. The molecule has 0 aromatic heterocycles. The Hall–Kier alpha value is -1.88. The first-order valence-corrected chi connectivity index (χ1v) is 7.16. The molecular weight excluding hydrogens is 270 g/mol. The minimum absolute atomic E-state index is 0.0157. The molecule has 0 saturated carbocycles. The number of benzene rings is 1. The average molecular weight is 291 g/mol. The summed E-state index contributed by atoms with van der Waals surface area (Å²) in [7, 11) is 1.36. The van der Waals surface area contributed by atoms with Gasteiger partial charge in [-0.25, -0.2) is 0 Å². The number of esters is 1. The molecule has 1 saturated heterocycles. The van der Waals surface area contributed by atoms with Gasteiger partial charge >= 0.3 is 5.97 Å². The molecule has 114 valence electrons. The average Bonchev–Trinajstić information content (AvgIpc) is 2.55. The first-order valence-electron chi connectivity index (χ1n) is 7.16. The van der Waals surface area contributed by atoms with E-state index >= 15 is 0 Å². The maximum absolute atomic E-state index is 12.4. The Morgan fingerprint density at radius 3 is 2.38 bits per heavy atom. The molecule has 5 nitrogen and oxygen atoms in total. The molecule has 1 fully saturated rings. The summed E-state index contributed by atoms with van der Waals surface area (Å²) in [4.78, 5) is 26.1. The molecule has 0 radical (unpaired) electrons. The maximum atomic E-state index is 12.4. The van der Waals surface area contributed by atoms with Crippen LogP contribution in [0.1, 0.15) is 29.6 Å². The lowest BCUT2D eigenvalue weighted by Gasteiger charge is -2.39. The number of hydrogen-bond acceptors (Lipinski definition) is 4. The maximum Gasteiger partial charge on any atom is 0.312 e. The molecule has 21 heavy (non-hydrogen) atoms. The van der Waals surface area contributed by atoms with Crippen LogP contribution in [0.4, 0.5) is 0 Å². The van der Waals surface area contributed by atoms with E-state index in [2.05, 4.69) is 0 Å². The van der Waals surface area contributed by atoms with Crippen molar-refractivity contribution in [3.63, 3.8) is 0 Å². The molecule has 1 amide bonds. The van der Waals surface area contributed by atoms with Crippen molar-refractivity contribution >= 4 is 11.9 Å². The molecular formula is C16H21NO4. The van der Waals surface area contributed by atoms with E-state index in [0.29, 0.717) is 37.9 Å². The summed E-state index contributed by atoms with van der Waals surface area (Å²) >= 11 is 0. The third kappa shape index (κ3) is 3.24. The van der Waals surface area contributed by atoms with Gasteiger partial charge in [0.05, 0.1) is 12.5 Å². The summed E-state index contributed by atoms with van der Waals surface area (Å²) in [5.74, 6) is -0.304. The molecule has 1 heterocycles. The number of likely N-dealkylation sites (tertiary alicyclic amines) is 1. The van der Waals surface area contributed by atoms with Gasteiger partial charge in [0.25, 0.3) is 5.91 Å². The summed E-state index contributed by atoms with van der Waals surface area (Å²) in [5, 5.41) is 9.19. The predicted molar refractivity (Wildman–Crippen MR) is 77.7 cm³/mol. The third-order valence-electron chi connectivity index (χ3n) is 4.24. The topological polar surface area (TPSA) is 66.8 Å². The fourth-order valence-corrected chi connectivity index (χ4v) is 2.89. The summed E-state index contributed by atoms with van der Waals surface area (Å²) in [6.07, 6.45) is 1.44. The van der Waals surface area contributed by atoms with Crippen molar-refractivity contribution in [2.45, 2.75) is 19.3 Å². The van der Waals surface area contributed by atoms with Crippen molar-refractivity contribution in [3.8, 4) is 0 Å². The molecule has 5 heteroatoms. The second-order valence-corrected chi connectivity index (χ2v) is 5.40. The van der Waals surface area contributed by atoms with Gasteiger partial charge in [-0.2, -0.15) is 0 Å². The summed E-state index contributed by atoms with van der Waals surface area (Å²) < 4.78 is 4.87. The number of methoxy groups -OCH3 is 1.